The molecule has 0 saturated carbocycles. The molecule has 0 aliphatic carbocycles. The highest BCUT2D eigenvalue weighted by atomic mass is 16.5. The molecule has 0 bridgehead atoms. The van der Waals surface area contributed by atoms with E-state index in [2.05, 4.69) is 12.2 Å². The Morgan fingerprint density at radius 2 is 2.10 bits per heavy atom. The highest BCUT2D eigenvalue weighted by molar-refractivity contribution is 6.04. The van der Waals surface area contributed by atoms with E-state index in [1.54, 1.807) is 18.2 Å². The molecule has 112 valence electrons. The fourth-order valence-corrected chi connectivity index (χ4v) is 1.74. The normalized spacial score (nSPS) is 12.0. The van der Waals surface area contributed by atoms with Gasteiger partial charge in [-0.05, 0) is 43.7 Å². The van der Waals surface area contributed by atoms with Crippen LogP contribution < -0.4 is 15.8 Å². The predicted octanol–water partition coefficient (Wildman–Crippen LogP) is 3.17. The van der Waals surface area contributed by atoms with E-state index in [0.717, 1.165) is 12.2 Å². The van der Waals surface area contributed by atoms with Gasteiger partial charge in [0.2, 0.25) is 0 Å². The van der Waals surface area contributed by atoms with Gasteiger partial charge < -0.3 is 20.2 Å². The van der Waals surface area contributed by atoms with Gasteiger partial charge in [0, 0.05) is 5.69 Å². The predicted molar refractivity (Wildman–Crippen MR) is 81.4 cm³/mol. The van der Waals surface area contributed by atoms with Gasteiger partial charge in [-0.15, -0.1) is 0 Å². The molecule has 1 amide bonds. The highest BCUT2D eigenvalue weighted by Gasteiger charge is 2.10. The Bertz CT molecular complexity index is 590. The molecule has 0 fully saturated rings. The maximum Gasteiger partial charge on any atom is 0.258 e. The smallest absolute Gasteiger partial charge is 0.258 e. The Kier molecular flexibility index (Phi) is 5.00. The number of nitrogens with one attached hydrogen (secondary N) is 1. The topological polar surface area (TPSA) is 77.5 Å². The van der Waals surface area contributed by atoms with Gasteiger partial charge >= 0.3 is 0 Å². The second-order valence-electron chi connectivity index (χ2n) is 4.82. The average Bonchev–Trinajstić information content (AvgIpc) is 2.98. The minimum Gasteiger partial charge on any atom is -0.491 e. The molecule has 5 heteroatoms. The van der Waals surface area contributed by atoms with Gasteiger partial charge in [0.1, 0.15) is 17.8 Å². The lowest BCUT2D eigenvalue weighted by Gasteiger charge is -2.12. The Morgan fingerprint density at radius 3 is 2.67 bits per heavy atom. The zero-order valence-corrected chi connectivity index (χ0v) is 12.3. The van der Waals surface area contributed by atoms with Crippen molar-refractivity contribution in [1.29, 1.82) is 0 Å². The molecule has 0 aliphatic heterocycles. The number of carbonyl (C=O) groups excluding carboxylic acids is 1. The van der Waals surface area contributed by atoms with Crippen LogP contribution in [-0.2, 0) is 6.54 Å². The summed E-state index contributed by atoms with van der Waals surface area (Å²) >= 11 is 0. The van der Waals surface area contributed by atoms with Crippen molar-refractivity contribution in [3.8, 4) is 5.75 Å². The minimum atomic E-state index is -0.228. The second kappa shape index (κ2) is 6.95. The van der Waals surface area contributed by atoms with E-state index in [1.807, 2.05) is 19.1 Å². The Labute approximate surface area is 124 Å². The summed E-state index contributed by atoms with van der Waals surface area (Å²) in [7, 11) is 0. The molecule has 0 spiro atoms. The average molecular weight is 288 g/mol. The standard InChI is InChI=1S/C16H20N2O3/c1-3-11(2)21-14-6-4-13(5-7-14)18-16(19)12-8-15(9-17)20-10-12/h4-8,10-11H,3,9,17H2,1-2H3,(H,18,19). The SMILES string of the molecule is CCC(C)Oc1ccc(NC(=O)c2coc(CN)c2)cc1. The Hall–Kier alpha value is -2.27. The molecule has 1 aromatic heterocycles. The molecule has 3 N–H and O–H groups in total. The van der Waals surface area contributed by atoms with E-state index in [4.69, 9.17) is 14.9 Å². The van der Waals surface area contributed by atoms with Crippen LogP contribution in [0.5, 0.6) is 5.75 Å². The van der Waals surface area contributed by atoms with Gasteiger partial charge in [-0.2, -0.15) is 0 Å². The van der Waals surface area contributed by atoms with Crippen molar-refractivity contribution in [2.45, 2.75) is 32.9 Å². The third-order valence-electron chi connectivity index (χ3n) is 3.14. The lowest BCUT2D eigenvalue weighted by Crippen LogP contribution is -2.11. The van der Waals surface area contributed by atoms with Crippen LogP contribution in [0.2, 0.25) is 0 Å². The molecule has 2 aromatic rings. The molecule has 1 atom stereocenters. The lowest BCUT2D eigenvalue weighted by molar-refractivity contribution is 0.102. The van der Waals surface area contributed by atoms with Crippen molar-refractivity contribution < 1.29 is 13.9 Å². The molecular formula is C16H20N2O3. The zero-order valence-electron chi connectivity index (χ0n) is 12.3. The molecule has 1 unspecified atom stereocenters. The minimum absolute atomic E-state index is 0.172. The van der Waals surface area contributed by atoms with Gasteiger partial charge in [0.25, 0.3) is 5.91 Å². The van der Waals surface area contributed by atoms with Gasteiger partial charge in [-0.3, -0.25) is 4.79 Å². The maximum atomic E-state index is 12.0. The molecule has 2 rings (SSSR count). The summed E-state index contributed by atoms with van der Waals surface area (Å²) in [5.41, 5.74) is 6.60. The van der Waals surface area contributed by atoms with Crippen molar-refractivity contribution in [1.82, 2.24) is 0 Å². The summed E-state index contributed by atoms with van der Waals surface area (Å²) in [6.07, 6.45) is 2.52. The summed E-state index contributed by atoms with van der Waals surface area (Å²) in [4.78, 5) is 12.0. The number of carbonyl (C=O) groups is 1. The summed E-state index contributed by atoms with van der Waals surface area (Å²) < 4.78 is 10.8. The van der Waals surface area contributed by atoms with E-state index in [0.29, 0.717) is 17.0 Å². The summed E-state index contributed by atoms with van der Waals surface area (Å²) in [5.74, 6) is 1.14. The largest absolute Gasteiger partial charge is 0.491 e. The molecule has 1 aromatic carbocycles. The first-order chi connectivity index (χ1) is 10.1. The molecule has 5 nitrogen and oxygen atoms in total. The third kappa shape index (κ3) is 4.10. The van der Waals surface area contributed by atoms with Gasteiger partial charge in [0.05, 0.1) is 18.2 Å². The van der Waals surface area contributed by atoms with Crippen molar-refractivity contribution in [2.24, 2.45) is 5.73 Å². The third-order valence-corrected chi connectivity index (χ3v) is 3.14. The fourth-order valence-electron chi connectivity index (χ4n) is 1.74. The number of hydrogen-bond donors (Lipinski definition) is 2. The van der Waals surface area contributed by atoms with E-state index in [9.17, 15) is 4.79 Å². The Morgan fingerprint density at radius 1 is 1.38 bits per heavy atom. The van der Waals surface area contributed by atoms with Crippen LogP contribution in [0.15, 0.2) is 41.0 Å². The first-order valence-corrected chi connectivity index (χ1v) is 6.98. The summed E-state index contributed by atoms with van der Waals surface area (Å²) in [6, 6.07) is 8.92. The quantitative estimate of drug-likeness (QED) is 0.856. The monoisotopic (exact) mass is 288 g/mol. The number of rotatable bonds is 6. The molecule has 0 saturated heterocycles. The number of nitrogens with two attached hydrogens (primary N) is 1. The molecule has 0 radical (unpaired) electrons. The van der Waals surface area contributed by atoms with E-state index >= 15 is 0 Å². The number of amides is 1. The van der Waals surface area contributed by atoms with Crippen LogP contribution in [0.3, 0.4) is 0 Å². The van der Waals surface area contributed by atoms with Crippen LogP contribution in [0.1, 0.15) is 36.4 Å². The fraction of sp³-hybridized carbons (Fsp3) is 0.312. The highest BCUT2D eigenvalue weighted by Crippen LogP contribution is 2.18. The van der Waals surface area contributed by atoms with E-state index in [-0.39, 0.29) is 18.6 Å². The molecule has 21 heavy (non-hydrogen) atoms. The lowest BCUT2D eigenvalue weighted by atomic mass is 10.2. The first kappa shape index (κ1) is 15.1. The van der Waals surface area contributed by atoms with E-state index in [1.165, 1.54) is 6.26 Å². The Balaban J connectivity index is 1.98. The maximum absolute atomic E-state index is 12.0. The van der Waals surface area contributed by atoms with Crippen LogP contribution >= 0.6 is 0 Å². The van der Waals surface area contributed by atoms with Gasteiger partial charge in [0.15, 0.2) is 0 Å². The first-order valence-electron chi connectivity index (χ1n) is 6.98. The van der Waals surface area contributed by atoms with Crippen LogP contribution in [0.25, 0.3) is 0 Å². The van der Waals surface area contributed by atoms with E-state index < -0.39 is 0 Å². The number of hydrogen-bond acceptors (Lipinski definition) is 4. The van der Waals surface area contributed by atoms with Crippen LogP contribution in [-0.4, -0.2) is 12.0 Å². The van der Waals surface area contributed by atoms with Crippen LogP contribution in [0.4, 0.5) is 5.69 Å². The number of benzene rings is 1. The number of ether oxygens (including phenoxy) is 1. The van der Waals surface area contributed by atoms with Crippen molar-refractivity contribution in [2.75, 3.05) is 5.32 Å². The van der Waals surface area contributed by atoms with Crippen molar-refractivity contribution in [3.63, 3.8) is 0 Å². The van der Waals surface area contributed by atoms with Gasteiger partial charge in [-0.1, -0.05) is 6.92 Å². The van der Waals surface area contributed by atoms with Gasteiger partial charge in [-0.25, -0.2) is 0 Å². The van der Waals surface area contributed by atoms with Crippen molar-refractivity contribution in [3.05, 3.63) is 47.9 Å². The summed E-state index contributed by atoms with van der Waals surface area (Å²) in [5, 5.41) is 2.79. The number of furan rings is 1. The number of anilines is 1. The van der Waals surface area contributed by atoms with Crippen LogP contribution in [0, 0.1) is 0 Å². The zero-order chi connectivity index (χ0) is 15.2. The molecule has 1 heterocycles. The molecule has 0 aliphatic rings. The molecular weight excluding hydrogens is 268 g/mol. The van der Waals surface area contributed by atoms with Crippen molar-refractivity contribution >= 4 is 11.6 Å². The second-order valence-corrected chi connectivity index (χ2v) is 4.82. The summed E-state index contributed by atoms with van der Waals surface area (Å²) in [6.45, 7) is 4.36.